The summed E-state index contributed by atoms with van der Waals surface area (Å²) in [5.74, 6) is -0.0225. The molecule has 1 fully saturated rings. The fraction of sp³-hybridized carbons (Fsp3) is 0.342. The molecule has 47 heavy (non-hydrogen) atoms. The van der Waals surface area contributed by atoms with Crippen molar-refractivity contribution in [3.05, 3.63) is 119 Å². The number of carboxylic acid groups (broad SMARTS) is 1. The fourth-order valence-electron chi connectivity index (χ4n) is 5.53. The number of ether oxygens (including phenoxy) is 2. The molecular formula is C38H42N2O6S. The number of nitrogens with zero attached hydrogens (tertiary/aromatic N) is 1. The van der Waals surface area contributed by atoms with E-state index in [1.165, 1.54) is 0 Å². The predicted molar refractivity (Wildman–Crippen MR) is 182 cm³/mol. The molecule has 0 radical (unpaired) electrons. The minimum atomic E-state index is -0.773. The van der Waals surface area contributed by atoms with E-state index in [1.807, 2.05) is 66.7 Å². The maximum Gasteiger partial charge on any atom is 0.303 e. The molecule has 3 atom stereocenters. The third-order valence-electron chi connectivity index (χ3n) is 8.15. The van der Waals surface area contributed by atoms with Crippen LogP contribution in [0.1, 0.15) is 79.6 Å². The number of hydrogen-bond donors (Lipinski definition) is 3. The number of pyridine rings is 1. The fourth-order valence-corrected chi connectivity index (χ4v) is 6.41. The summed E-state index contributed by atoms with van der Waals surface area (Å²) in [6.45, 7) is 0.454. The first kappa shape index (κ1) is 34.3. The molecular weight excluding hydrogens is 612 g/mol. The molecule has 2 heterocycles. The van der Waals surface area contributed by atoms with E-state index in [-0.39, 0.29) is 31.1 Å². The average molecular weight is 655 g/mol. The SMILES string of the molecule is O=C(O)CCCCCCC(=O)NCc1cccc(-c2ccc([C@@H]3O[C@H](CSc4ccccn4)C[C@H](c4ccc(CO)cc4)O3)cc2)c1. The number of carboxylic acids is 1. The Labute approximate surface area is 280 Å². The Balaban J connectivity index is 1.19. The summed E-state index contributed by atoms with van der Waals surface area (Å²) < 4.78 is 13.0. The van der Waals surface area contributed by atoms with E-state index in [9.17, 15) is 14.7 Å². The highest BCUT2D eigenvalue weighted by Crippen LogP contribution is 2.39. The number of carbonyl (C=O) groups is 2. The number of amides is 1. The number of aliphatic carboxylic acids is 1. The van der Waals surface area contributed by atoms with E-state index in [0.29, 0.717) is 25.8 Å². The maximum atomic E-state index is 12.3. The van der Waals surface area contributed by atoms with Crippen LogP contribution in [0.5, 0.6) is 0 Å². The van der Waals surface area contributed by atoms with Gasteiger partial charge in [0.2, 0.25) is 5.91 Å². The first-order valence-electron chi connectivity index (χ1n) is 16.2. The number of aliphatic hydroxyl groups excluding tert-OH is 1. The average Bonchev–Trinajstić information content (AvgIpc) is 3.11. The van der Waals surface area contributed by atoms with Crippen LogP contribution < -0.4 is 5.32 Å². The van der Waals surface area contributed by atoms with Gasteiger partial charge in [0.1, 0.15) is 0 Å². The lowest BCUT2D eigenvalue weighted by molar-refractivity contribution is -0.245. The second-order valence-electron chi connectivity index (χ2n) is 11.7. The van der Waals surface area contributed by atoms with Crippen LogP contribution in [0, 0.1) is 0 Å². The largest absolute Gasteiger partial charge is 0.481 e. The van der Waals surface area contributed by atoms with Crippen molar-refractivity contribution in [2.75, 3.05) is 5.75 Å². The molecule has 0 aliphatic carbocycles. The van der Waals surface area contributed by atoms with Gasteiger partial charge in [-0.05, 0) is 58.9 Å². The number of hydrogen-bond acceptors (Lipinski definition) is 7. The van der Waals surface area contributed by atoms with Gasteiger partial charge in [-0.25, -0.2) is 4.98 Å². The van der Waals surface area contributed by atoms with E-state index >= 15 is 0 Å². The minimum absolute atomic E-state index is 0.00356. The molecule has 0 unspecified atom stereocenters. The third kappa shape index (κ3) is 10.8. The lowest BCUT2D eigenvalue weighted by Gasteiger charge is -2.36. The van der Waals surface area contributed by atoms with Crippen molar-refractivity contribution in [1.29, 1.82) is 0 Å². The standard InChI is InChI=1S/C38H42N2O6S/c41-25-27-13-15-30(16-14-27)34-23-33(26-47-36-11-5-6-21-39-36)45-38(46-34)31-19-17-29(18-20-31)32-9-7-8-28(22-32)24-40-35(42)10-3-1-2-4-12-37(43)44/h5-9,11,13-22,33-34,38,41H,1-4,10,12,23-26H2,(H,40,42)(H,43,44)/t33-,34+,38+/m0/s1. The highest BCUT2D eigenvalue weighted by Gasteiger charge is 2.32. The predicted octanol–water partition coefficient (Wildman–Crippen LogP) is 7.62. The lowest BCUT2D eigenvalue weighted by Crippen LogP contribution is -2.31. The molecule has 3 N–H and O–H groups in total. The number of carbonyl (C=O) groups excluding carboxylic acids is 1. The van der Waals surface area contributed by atoms with Gasteiger partial charge >= 0.3 is 5.97 Å². The number of aliphatic hydroxyl groups is 1. The maximum absolute atomic E-state index is 12.3. The Kier molecular flexibility index (Phi) is 13.0. The van der Waals surface area contributed by atoms with Crippen molar-refractivity contribution in [1.82, 2.24) is 10.3 Å². The van der Waals surface area contributed by atoms with Crippen LogP contribution in [0.4, 0.5) is 0 Å². The molecule has 1 amide bonds. The van der Waals surface area contributed by atoms with Gasteiger partial charge in [0.25, 0.3) is 0 Å². The Morgan fingerprint density at radius 1 is 0.809 bits per heavy atom. The third-order valence-corrected chi connectivity index (χ3v) is 9.22. The van der Waals surface area contributed by atoms with E-state index < -0.39 is 12.3 Å². The van der Waals surface area contributed by atoms with Crippen LogP contribution in [0.3, 0.4) is 0 Å². The zero-order valence-corrected chi connectivity index (χ0v) is 27.2. The molecule has 1 aliphatic rings. The van der Waals surface area contributed by atoms with E-state index in [0.717, 1.165) is 63.4 Å². The van der Waals surface area contributed by atoms with Crippen LogP contribution in [-0.4, -0.2) is 38.9 Å². The van der Waals surface area contributed by atoms with Crippen molar-refractivity contribution in [2.45, 2.75) is 81.6 Å². The summed E-state index contributed by atoms with van der Waals surface area (Å²) in [6, 6.07) is 30.2. The highest BCUT2D eigenvalue weighted by molar-refractivity contribution is 7.99. The molecule has 4 aromatic rings. The van der Waals surface area contributed by atoms with Gasteiger partial charge in [-0.2, -0.15) is 0 Å². The summed E-state index contributed by atoms with van der Waals surface area (Å²) in [5.41, 5.74) is 5.98. The molecule has 0 saturated carbocycles. The number of nitrogens with one attached hydrogen (secondary N) is 1. The second kappa shape index (κ2) is 17.8. The topological polar surface area (TPSA) is 118 Å². The molecule has 9 heteroatoms. The van der Waals surface area contributed by atoms with E-state index in [2.05, 4.69) is 34.6 Å². The molecule has 1 saturated heterocycles. The van der Waals surface area contributed by atoms with Gasteiger partial charge in [0.05, 0.1) is 23.8 Å². The first-order chi connectivity index (χ1) is 23.0. The lowest BCUT2D eigenvalue weighted by atomic mass is 9.99. The Hall–Kier alpha value is -4.02. The summed E-state index contributed by atoms with van der Waals surface area (Å²) in [5, 5.41) is 22.2. The Morgan fingerprint density at radius 3 is 2.30 bits per heavy atom. The van der Waals surface area contributed by atoms with Gasteiger partial charge in [0, 0.05) is 43.3 Å². The van der Waals surface area contributed by atoms with Gasteiger partial charge in [-0.3, -0.25) is 9.59 Å². The van der Waals surface area contributed by atoms with Crippen molar-refractivity contribution in [2.24, 2.45) is 0 Å². The minimum Gasteiger partial charge on any atom is -0.481 e. The van der Waals surface area contributed by atoms with Crippen LogP contribution in [0.15, 0.2) is 102 Å². The molecule has 1 aromatic heterocycles. The van der Waals surface area contributed by atoms with Crippen LogP contribution in [0.2, 0.25) is 0 Å². The van der Waals surface area contributed by atoms with Crippen LogP contribution in [0.25, 0.3) is 11.1 Å². The van der Waals surface area contributed by atoms with E-state index in [1.54, 1.807) is 18.0 Å². The molecule has 0 spiro atoms. The van der Waals surface area contributed by atoms with Crippen LogP contribution >= 0.6 is 11.8 Å². The van der Waals surface area contributed by atoms with Crippen molar-refractivity contribution in [3.8, 4) is 11.1 Å². The van der Waals surface area contributed by atoms with Gasteiger partial charge < -0.3 is 25.0 Å². The van der Waals surface area contributed by atoms with Crippen molar-refractivity contribution >= 4 is 23.6 Å². The van der Waals surface area contributed by atoms with Gasteiger partial charge in [-0.15, -0.1) is 11.8 Å². The first-order valence-corrected chi connectivity index (χ1v) is 17.2. The van der Waals surface area contributed by atoms with Gasteiger partial charge in [-0.1, -0.05) is 85.6 Å². The normalized spacial score (nSPS) is 17.7. The molecule has 246 valence electrons. The molecule has 0 bridgehead atoms. The van der Waals surface area contributed by atoms with Crippen molar-refractivity contribution < 1.29 is 29.3 Å². The zero-order chi connectivity index (χ0) is 32.8. The summed E-state index contributed by atoms with van der Waals surface area (Å²) >= 11 is 1.67. The molecule has 1 aliphatic heterocycles. The summed E-state index contributed by atoms with van der Waals surface area (Å²) in [7, 11) is 0. The monoisotopic (exact) mass is 654 g/mol. The van der Waals surface area contributed by atoms with Gasteiger partial charge in [0.15, 0.2) is 6.29 Å². The summed E-state index contributed by atoms with van der Waals surface area (Å²) in [6.07, 6.45) is 5.48. The number of aromatic nitrogens is 1. The Bertz CT molecular complexity index is 1570. The number of thioether (sulfide) groups is 1. The number of rotatable bonds is 16. The summed E-state index contributed by atoms with van der Waals surface area (Å²) in [4.78, 5) is 27.4. The smallest absolute Gasteiger partial charge is 0.303 e. The quantitative estimate of drug-likeness (QED) is 0.0835. The van der Waals surface area contributed by atoms with Crippen molar-refractivity contribution in [3.63, 3.8) is 0 Å². The zero-order valence-electron chi connectivity index (χ0n) is 26.4. The number of benzene rings is 3. The molecule has 5 rings (SSSR count). The Morgan fingerprint density at radius 2 is 1.57 bits per heavy atom. The second-order valence-corrected chi connectivity index (χ2v) is 12.8. The molecule has 8 nitrogen and oxygen atoms in total. The molecule has 3 aromatic carbocycles. The van der Waals surface area contributed by atoms with E-state index in [4.69, 9.17) is 14.6 Å². The number of unbranched alkanes of at least 4 members (excludes halogenated alkanes) is 3. The highest BCUT2D eigenvalue weighted by atomic mass is 32.2. The van der Waals surface area contributed by atoms with Crippen LogP contribution in [-0.2, 0) is 32.2 Å².